The van der Waals surface area contributed by atoms with Gasteiger partial charge in [0.1, 0.15) is 0 Å². The zero-order valence-electron chi connectivity index (χ0n) is 12.3. The minimum absolute atomic E-state index is 0.0480. The van der Waals surface area contributed by atoms with E-state index in [1.54, 1.807) is 6.07 Å². The molecule has 0 bridgehead atoms. The number of rotatable bonds is 6. The maximum atomic E-state index is 12.2. The molecule has 2 rings (SSSR count). The number of carboxylic acid groups (broad SMARTS) is 1. The number of benzene rings is 1. The molecule has 0 aliphatic carbocycles. The van der Waals surface area contributed by atoms with Gasteiger partial charge >= 0.3 is 5.97 Å². The molecule has 0 fully saturated rings. The molecule has 0 spiro atoms. The molecule has 4 nitrogen and oxygen atoms in total. The maximum absolute atomic E-state index is 12.2. The van der Waals surface area contributed by atoms with E-state index in [2.05, 4.69) is 10.9 Å². The van der Waals surface area contributed by atoms with E-state index in [-0.39, 0.29) is 18.6 Å². The number of hydrogen-bond acceptors (Lipinski definition) is 2. The van der Waals surface area contributed by atoms with Gasteiger partial charge in [0.2, 0.25) is 0 Å². The zero-order chi connectivity index (χ0) is 16.1. The van der Waals surface area contributed by atoms with Gasteiger partial charge in [-0.3, -0.25) is 9.59 Å². The van der Waals surface area contributed by atoms with Crippen LogP contribution < -0.4 is 0 Å². The molecule has 1 unspecified atom stereocenters. The molecule has 1 atom stereocenters. The predicted molar refractivity (Wildman–Crippen MR) is 84.5 cm³/mol. The second-order valence-corrected chi connectivity index (χ2v) is 5.17. The van der Waals surface area contributed by atoms with Gasteiger partial charge in [0.05, 0.1) is 11.6 Å². The van der Waals surface area contributed by atoms with Gasteiger partial charge in [-0.25, -0.2) is 0 Å². The molecule has 1 heterocycles. The summed E-state index contributed by atoms with van der Waals surface area (Å²) in [5.74, 6) is 0.164. The number of H-pyrrole nitrogens is 1. The molecule has 1 aromatic heterocycles. The molecule has 0 saturated carbocycles. The summed E-state index contributed by atoms with van der Waals surface area (Å²) in [6, 6.07) is 11.3. The minimum Gasteiger partial charge on any atom is -0.481 e. The maximum Gasteiger partial charge on any atom is 0.307 e. The fourth-order valence-corrected chi connectivity index (χ4v) is 2.31. The molecule has 22 heavy (non-hydrogen) atoms. The number of Topliss-reactive ketones (excluding diaryl/α,β-unsaturated/α-hetero) is 1. The number of aliphatic carboxylic acids is 1. The summed E-state index contributed by atoms with van der Waals surface area (Å²) in [6.45, 7) is 1.99. The third kappa shape index (κ3) is 3.44. The molecule has 2 aromatic rings. The summed E-state index contributed by atoms with van der Waals surface area (Å²) in [6.07, 6.45) is 5.09. The second kappa shape index (κ2) is 6.77. The van der Waals surface area contributed by atoms with E-state index in [0.717, 1.165) is 16.8 Å². The third-order valence-electron chi connectivity index (χ3n) is 3.57. The molecule has 1 aromatic carbocycles. The Labute approximate surface area is 129 Å². The number of ketones is 1. The normalized spacial score (nSPS) is 11.6. The summed E-state index contributed by atoms with van der Waals surface area (Å²) in [7, 11) is 0. The number of carbonyl (C=O) groups is 2. The van der Waals surface area contributed by atoms with Gasteiger partial charge in [0.25, 0.3) is 0 Å². The van der Waals surface area contributed by atoms with Gasteiger partial charge < -0.3 is 10.1 Å². The Balaban J connectivity index is 2.18. The van der Waals surface area contributed by atoms with Crippen LogP contribution in [0.25, 0.3) is 11.3 Å². The van der Waals surface area contributed by atoms with Gasteiger partial charge in [0.15, 0.2) is 5.78 Å². The van der Waals surface area contributed by atoms with Crippen molar-refractivity contribution < 1.29 is 14.7 Å². The van der Waals surface area contributed by atoms with E-state index in [0.29, 0.717) is 5.69 Å². The van der Waals surface area contributed by atoms with Crippen molar-refractivity contribution in [2.45, 2.75) is 19.8 Å². The molecule has 0 aliphatic rings. The van der Waals surface area contributed by atoms with Crippen LogP contribution >= 0.6 is 0 Å². The first-order valence-electron chi connectivity index (χ1n) is 6.97. The van der Waals surface area contributed by atoms with Crippen molar-refractivity contribution in [3.05, 3.63) is 47.7 Å². The van der Waals surface area contributed by atoms with Crippen LogP contribution in [0.15, 0.2) is 36.4 Å². The first-order chi connectivity index (χ1) is 10.5. The number of carboxylic acids is 1. The van der Waals surface area contributed by atoms with Crippen LogP contribution in [0.1, 0.15) is 28.9 Å². The van der Waals surface area contributed by atoms with Crippen molar-refractivity contribution in [3.8, 4) is 23.6 Å². The summed E-state index contributed by atoms with van der Waals surface area (Å²) in [5, 5.41) is 9.06. The Morgan fingerprint density at radius 1 is 1.27 bits per heavy atom. The Kier molecular flexibility index (Phi) is 4.80. The summed E-state index contributed by atoms with van der Waals surface area (Å²) < 4.78 is 0. The van der Waals surface area contributed by atoms with Crippen LogP contribution in [0, 0.1) is 25.2 Å². The van der Waals surface area contributed by atoms with Crippen LogP contribution in [-0.2, 0) is 4.79 Å². The number of nitrogens with one attached hydrogen (secondary N) is 1. The Morgan fingerprint density at radius 2 is 2.00 bits per heavy atom. The molecule has 112 valence electrons. The molecule has 4 heteroatoms. The van der Waals surface area contributed by atoms with Crippen molar-refractivity contribution in [2.24, 2.45) is 5.92 Å². The lowest BCUT2D eigenvalue weighted by molar-refractivity contribution is -0.141. The summed E-state index contributed by atoms with van der Waals surface area (Å²) in [4.78, 5) is 26.3. The van der Waals surface area contributed by atoms with Gasteiger partial charge in [-0.05, 0) is 24.6 Å². The number of terminal acetylenes is 1. The highest BCUT2D eigenvalue weighted by Crippen LogP contribution is 2.23. The highest BCUT2D eigenvalue weighted by atomic mass is 16.4. The van der Waals surface area contributed by atoms with Gasteiger partial charge in [0, 0.05) is 24.1 Å². The topological polar surface area (TPSA) is 70.2 Å². The zero-order valence-corrected chi connectivity index (χ0v) is 12.3. The fourth-order valence-electron chi connectivity index (χ4n) is 2.31. The van der Waals surface area contributed by atoms with Crippen LogP contribution in [0.4, 0.5) is 0 Å². The molecular formula is C18H17NO3. The SMILES string of the molecule is C#CCC(CC(=O)c1ccc(-c2ccccc2C)[nH]1)C(=O)O. The van der Waals surface area contributed by atoms with Crippen molar-refractivity contribution in [1.82, 2.24) is 4.98 Å². The van der Waals surface area contributed by atoms with E-state index in [1.165, 1.54) is 0 Å². The highest BCUT2D eigenvalue weighted by Gasteiger charge is 2.22. The Bertz CT molecular complexity index is 737. The molecule has 2 N–H and O–H groups in total. The largest absolute Gasteiger partial charge is 0.481 e. The standard InChI is InChI=1S/C18H17NO3/c1-3-6-13(18(21)22)11-17(20)16-10-9-15(19-16)14-8-5-4-7-12(14)2/h1,4-5,7-10,13,19H,6,11H2,2H3,(H,21,22). The summed E-state index contributed by atoms with van der Waals surface area (Å²) >= 11 is 0. The number of hydrogen-bond donors (Lipinski definition) is 2. The third-order valence-corrected chi connectivity index (χ3v) is 3.57. The lowest BCUT2D eigenvalue weighted by Gasteiger charge is -2.07. The monoisotopic (exact) mass is 295 g/mol. The van der Waals surface area contributed by atoms with Crippen LogP contribution in [-0.4, -0.2) is 21.8 Å². The van der Waals surface area contributed by atoms with E-state index < -0.39 is 11.9 Å². The Hall–Kier alpha value is -2.80. The molecule has 0 radical (unpaired) electrons. The first-order valence-corrected chi connectivity index (χ1v) is 6.97. The van der Waals surface area contributed by atoms with Crippen LogP contribution in [0.3, 0.4) is 0 Å². The lowest BCUT2D eigenvalue weighted by atomic mass is 9.98. The minimum atomic E-state index is -1.04. The number of aromatic amines is 1. The van der Waals surface area contributed by atoms with E-state index in [4.69, 9.17) is 11.5 Å². The van der Waals surface area contributed by atoms with Crippen LogP contribution in [0.2, 0.25) is 0 Å². The van der Waals surface area contributed by atoms with Crippen molar-refractivity contribution in [3.63, 3.8) is 0 Å². The van der Waals surface area contributed by atoms with E-state index in [1.807, 2.05) is 37.3 Å². The average molecular weight is 295 g/mol. The molecule has 0 aliphatic heterocycles. The van der Waals surface area contributed by atoms with Gasteiger partial charge in [-0.2, -0.15) is 0 Å². The van der Waals surface area contributed by atoms with E-state index >= 15 is 0 Å². The van der Waals surface area contributed by atoms with Crippen molar-refractivity contribution >= 4 is 11.8 Å². The highest BCUT2D eigenvalue weighted by molar-refractivity contribution is 5.97. The second-order valence-electron chi connectivity index (χ2n) is 5.17. The van der Waals surface area contributed by atoms with Gasteiger partial charge in [-0.15, -0.1) is 12.3 Å². The van der Waals surface area contributed by atoms with Crippen LogP contribution in [0.5, 0.6) is 0 Å². The lowest BCUT2D eigenvalue weighted by Crippen LogP contribution is -2.17. The van der Waals surface area contributed by atoms with Crippen molar-refractivity contribution in [2.75, 3.05) is 0 Å². The average Bonchev–Trinajstić information content (AvgIpc) is 2.96. The number of aromatic nitrogens is 1. The van der Waals surface area contributed by atoms with Gasteiger partial charge in [-0.1, -0.05) is 24.3 Å². The predicted octanol–water partition coefficient (Wildman–Crippen LogP) is 3.29. The molecular weight excluding hydrogens is 278 g/mol. The molecule has 0 saturated heterocycles. The first kappa shape index (κ1) is 15.6. The quantitative estimate of drug-likeness (QED) is 0.634. The van der Waals surface area contributed by atoms with E-state index in [9.17, 15) is 9.59 Å². The number of aryl methyl sites for hydroxylation is 1. The molecule has 0 amide bonds. The summed E-state index contributed by atoms with van der Waals surface area (Å²) in [5.41, 5.74) is 3.35. The fraction of sp³-hybridized carbons (Fsp3) is 0.222. The number of carbonyl (C=O) groups excluding carboxylic acids is 1. The van der Waals surface area contributed by atoms with Crippen molar-refractivity contribution in [1.29, 1.82) is 0 Å². The Morgan fingerprint density at radius 3 is 2.64 bits per heavy atom. The smallest absolute Gasteiger partial charge is 0.307 e.